The molecule has 0 spiro atoms. The molecule has 3 heteroatoms. The van der Waals surface area contributed by atoms with E-state index in [2.05, 4.69) is 0 Å². The Bertz CT molecular complexity index is 378. The first-order valence-electron chi connectivity index (χ1n) is 6.21. The summed E-state index contributed by atoms with van der Waals surface area (Å²) >= 11 is 6.08. The number of aliphatic hydroxyl groups excluding tert-OH is 1. The van der Waals surface area contributed by atoms with Crippen molar-refractivity contribution in [3.05, 3.63) is 28.8 Å². The molecule has 1 aliphatic rings. The molecular weight excluding hydrogens is 236 g/mol. The first-order valence-corrected chi connectivity index (χ1v) is 6.59. The lowest BCUT2D eigenvalue weighted by Gasteiger charge is -2.14. The molecule has 1 fully saturated rings. The summed E-state index contributed by atoms with van der Waals surface area (Å²) in [4.78, 5) is 0. The number of ether oxygens (including phenoxy) is 1. The van der Waals surface area contributed by atoms with Gasteiger partial charge in [-0.2, -0.15) is 0 Å². The summed E-state index contributed by atoms with van der Waals surface area (Å²) in [5.74, 6) is 1.19. The molecule has 17 heavy (non-hydrogen) atoms. The fourth-order valence-corrected chi connectivity index (χ4v) is 2.85. The molecule has 0 saturated heterocycles. The van der Waals surface area contributed by atoms with E-state index in [1.807, 2.05) is 18.2 Å². The van der Waals surface area contributed by atoms with E-state index in [1.165, 1.54) is 5.56 Å². The van der Waals surface area contributed by atoms with Crippen LogP contribution < -0.4 is 4.74 Å². The van der Waals surface area contributed by atoms with E-state index in [0.717, 1.165) is 37.9 Å². The number of rotatable bonds is 4. The average Bonchev–Trinajstić information content (AvgIpc) is 2.72. The van der Waals surface area contributed by atoms with Crippen molar-refractivity contribution in [2.24, 2.45) is 5.92 Å². The van der Waals surface area contributed by atoms with E-state index in [9.17, 15) is 5.11 Å². The maximum atomic E-state index is 9.76. The van der Waals surface area contributed by atoms with Crippen molar-refractivity contribution in [3.63, 3.8) is 0 Å². The van der Waals surface area contributed by atoms with Gasteiger partial charge in [-0.1, -0.05) is 24.1 Å². The van der Waals surface area contributed by atoms with Gasteiger partial charge in [0.2, 0.25) is 0 Å². The zero-order valence-electron chi connectivity index (χ0n) is 10.2. The molecule has 1 aromatic rings. The minimum atomic E-state index is -0.0938. The Morgan fingerprint density at radius 1 is 1.41 bits per heavy atom. The van der Waals surface area contributed by atoms with E-state index in [0.29, 0.717) is 10.9 Å². The molecule has 1 N–H and O–H groups in total. The number of aliphatic hydroxyl groups is 1. The van der Waals surface area contributed by atoms with Crippen LogP contribution in [0, 0.1) is 5.92 Å². The monoisotopic (exact) mass is 254 g/mol. The van der Waals surface area contributed by atoms with Gasteiger partial charge in [0.25, 0.3) is 0 Å². The van der Waals surface area contributed by atoms with E-state index in [1.54, 1.807) is 7.11 Å². The van der Waals surface area contributed by atoms with E-state index in [-0.39, 0.29) is 6.10 Å². The molecule has 1 aliphatic carbocycles. The van der Waals surface area contributed by atoms with Crippen LogP contribution in [0.15, 0.2) is 18.2 Å². The standard InChI is InChI=1S/C14H19ClO2/c1-17-14-8-6-10(9-12(14)15)5-7-11-3-2-4-13(11)16/h6,8-9,11,13,16H,2-5,7H2,1H3. The third-order valence-corrected chi connectivity index (χ3v) is 3.93. The third kappa shape index (κ3) is 3.14. The van der Waals surface area contributed by atoms with Crippen molar-refractivity contribution >= 4 is 11.6 Å². The predicted octanol–water partition coefficient (Wildman–Crippen LogP) is 3.44. The van der Waals surface area contributed by atoms with Gasteiger partial charge < -0.3 is 9.84 Å². The van der Waals surface area contributed by atoms with Crippen LogP contribution in [0.1, 0.15) is 31.2 Å². The molecule has 0 aliphatic heterocycles. The molecule has 2 nitrogen and oxygen atoms in total. The molecule has 94 valence electrons. The lowest BCUT2D eigenvalue weighted by Crippen LogP contribution is -2.13. The zero-order valence-corrected chi connectivity index (χ0v) is 10.9. The van der Waals surface area contributed by atoms with Crippen molar-refractivity contribution in [2.45, 2.75) is 38.2 Å². The first kappa shape index (κ1) is 12.7. The minimum absolute atomic E-state index is 0.0938. The maximum absolute atomic E-state index is 9.76. The number of halogens is 1. The van der Waals surface area contributed by atoms with Crippen LogP contribution in [0.2, 0.25) is 5.02 Å². The van der Waals surface area contributed by atoms with Gasteiger partial charge in [0, 0.05) is 0 Å². The lowest BCUT2D eigenvalue weighted by molar-refractivity contribution is 0.128. The Kier molecular flexibility index (Phi) is 4.30. The van der Waals surface area contributed by atoms with Crippen LogP contribution in [0.5, 0.6) is 5.75 Å². The summed E-state index contributed by atoms with van der Waals surface area (Å²) in [5, 5.41) is 10.4. The summed E-state index contributed by atoms with van der Waals surface area (Å²) in [6, 6.07) is 5.91. The van der Waals surface area contributed by atoms with Gasteiger partial charge in [-0.3, -0.25) is 0 Å². The van der Waals surface area contributed by atoms with Crippen molar-refractivity contribution in [1.82, 2.24) is 0 Å². The second kappa shape index (κ2) is 5.74. The second-order valence-corrected chi connectivity index (χ2v) is 5.17. The lowest BCUT2D eigenvalue weighted by atomic mass is 9.96. The summed E-state index contributed by atoms with van der Waals surface area (Å²) in [7, 11) is 1.62. The van der Waals surface area contributed by atoms with Crippen molar-refractivity contribution in [2.75, 3.05) is 7.11 Å². The highest BCUT2D eigenvalue weighted by molar-refractivity contribution is 6.32. The van der Waals surface area contributed by atoms with Crippen LogP contribution in [0.4, 0.5) is 0 Å². The molecule has 0 bridgehead atoms. The Morgan fingerprint density at radius 2 is 2.24 bits per heavy atom. The normalized spacial score (nSPS) is 23.9. The van der Waals surface area contributed by atoms with E-state index >= 15 is 0 Å². The number of hydrogen-bond donors (Lipinski definition) is 1. The van der Waals surface area contributed by atoms with Crippen LogP contribution in [-0.2, 0) is 6.42 Å². The van der Waals surface area contributed by atoms with Crippen molar-refractivity contribution < 1.29 is 9.84 Å². The Balaban J connectivity index is 1.92. The maximum Gasteiger partial charge on any atom is 0.137 e. The highest BCUT2D eigenvalue weighted by Crippen LogP contribution is 2.31. The topological polar surface area (TPSA) is 29.5 Å². The molecule has 1 saturated carbocycles. The fraction of sp³-hybridized carbons (Fsp3) is 0.571. The molecule has 0 heterocycles. The highest BCUT2D eigenvalue weighted by atomic mass is 35.5. The largest absolute Gasteiger partial charge is 0.495 e. The van der Waals surface area contributed by atoms with E-state index in [4.69, 9.17) is 16.3 Å². The van der Waals surface area contributed by atoms with E-state index < -0.39 is 0 Å². The highest BCUT2D eigenvalue weighted by Gasteiger charge is 2.24. The summed E-state index contributed by atoms with van der Waals surface area (Å²) < 4.78 is 5.12. The Morgan fingerprint density at radius 3 is 2.82 bits per heavy atom. The molecule has 1 aromatic carbocycles. The van der Waals surface area contributed by atoms with Crippen LogP contribution >= 0.6 is 11.6 Å². The smallest absolute Gasteiger partial charge is 0.137 e. The number of aryl methyl sites for hydroxylation is 1. The first-order chi connectivity index (χ1) is 8.20. The van der Waals surface area contributed by atoms with Gasteiger partial charge >= 0.3 is 0 Å². The summed E-state index contributed by atoms with van der Waals surface area (Å²) in [6.45, 7) is 0. The Hall–Kier alpha value is -0.730. The third-order valence-electron chi connectivity index (χ3n) is 3.64. The number of hydrogen-bond acceptors (Lipinski definition) is 2. The molecular formula is C14H19ClO2. The van der Waals surface area contributed by atoms with Crippen LogP contribution in [-0.4, -0.2) is 18.3 Å². The van der Waals surface area contributed by atoms with Gasteiger partial charge in [-0.05, 0) is 49.3 Å². The van der Waals surface area contributed by atoms with Gasteiger partial charge in [0.05, 0.1) is 18.2 Å². The zero-order chi connectivity index (χ0) is 12.3. The van der Waals surface area contributed by atoms with Gasteiger partial charge in [-0.25, -0.2) is 0 Å². The van der Waals surface area contributed by atoms with Crippen molar-refractivity contribution in [3.8, 4) is 5.75 Å². The summed E-state index contributed by atoms with van der Waals surface area (Å²) in [6.07, 6.45) is 5.22. The quantitative estimate of drug-likeness (QED) is 0.892. The Labute approximate surface area is 108 Å². The molecule has 2 atom stereocenters. The van der Waals surface area contributed by atoms with Gasteiger partial charge in [0.15, 0.2) is 0 Å². The fourth-order valence-electron chi connectivity index (χ4n) is 2.57. The minimum Gasteiger partial charge on any atom is -0.495 e. The molecule has 0 radical (unpaired) electrons. The number of benzene rings is 1. The van der Waals surface area contributed by atoms with Crippen molar-refractivity contribution in [1.29, 1.82) is 0 Å². The van der Waals surface area contributed by atoms with Crippen LogP contribution in [0.3, 0.4) is 0 Å². The van der Waals surface area contributed by atoms with Gasteiger partial charge in [-0.15, -0.1) is 0 Å². The molecule has 0 amide bonds. The van der Waals surface area contributed by atoms with Crippen LogP contribution in [0.25, 0.3) is 0 Å². The second-order valence-electron chi connectivity index (χ2n) is 4.77. The number of methoxy groups -OCH3 is 1. The molecule has 2 rings (SSSR count). The van der Waals surface area contributed by atoms with Gasteiger partial charge in [0.1, 0.15) is 5.75 Å². The molecule has 0 aromatic heterocycles. The predicted molar refractivity (Wildman–Crippen MR) is 69.7 cm³/mol. The average molecular weight is 255 g/mol. The molecule has 2 unspecified atom stereocenters. The summed E-state index contributed by atoms with van der Waals surface area (Å²) in [5.41, 5.74) is 1.22. The SMILES string of the molecule is COc1ccc(CCC2CCCC2O)cc1Cl.